The van der Waals surface area contributed by atoms with Gasteiger partial charge < -0.3 is 29.0 Å². The third kappa shape index (κ3) is 5.51. The molecular formula is C36H41N9O4. The molecule has 0 bridgehead atoms. The number of aliphatic hydroxyl groups excluding tert-OH is 1. The van der Waals surface area contributed by atoms with Crippen LogP contribution in [0.2, 0.25) is 0 Å². The predicted octanol–water partition coefficient (Wildman–Crippen LogP) is 2.91. The van der Waals surface area contributed by atoms with Crippen molar-refractivity contribution >= 4 is 22.8 Å². The number of anilines is 3. The van der Waals surface area contributed by atoms with Crippen LogP contribution in [0.25, 0.3) is 22.5 Å². The fourth-order valence-corrected chi connectivity index (χ4v) is 7.73. The summed E-state index contributed by atoms with van der Waals surface area (Å²) in [7, 11) is 1.68. The molecule has 3 aliphatic rings. The number of ether oxygens (including phenoxy) is 1. The minimum atomic E-state index is -0.359. The third-order valence-electron chi connectivity index (χ3n) is 10.3. The molecule has 1 atom stereocenters. The van der Waals surface area contributed by atoms with Crippen LogP contribution in [0.4, 0.5) is 17.3 Å². The van der Waals surface area contributed by atoms with Gasteiger partial charge in [-0.15, -0.1) is 10.2 Å². The Balaban J connectivity index is 1.07. The van der Waals surface area contributed by atoms with Gasteiger partial charge in [0.1, 0.15) is 17.0 Å². The summed E-state index contributed by atoms with van der Waals surface area (Å²) in [5.41, 5.74) is 4.77. The Hall–Kier alpha value is -4.85. The fraction of sp³-hybridized carbons (Fsp3) is 0.417. The molecule has 0 amide bonds. The van der Waals surface area contributed by atoms with Crippen LogP contribution in [0.5, 0.6) is 0 Å². The predicted molar refractivity (Wildman–Crippen MR) is 187 cm³/mol. The van der Waals surface area contributed by atoms with Crippen LogP contribution in [0.3, 0.4) is 0 Å². The monoisotopic (exact) mass is 663 g/mol. The molecule has 254 valence electrons. The molecule has 2 N–H and O–H groups in total. The number of fused-ring (bicyclic) bond motifs is 3. The second-order valence-corrected chi connectivity index (χ2v) is 14.4. The van der Waals surface area contributed by atoms with E-state index in [1.54, 1.807) is 37.8 Å². The Morgan fingerprint density at radius 1 is 1.04 bits per heavy atom. The summed E-state index contributed by atoms with van der Waals surface area (Å²) in [4.78, 5) is 36.3. The van der Waals surface area contributed by atoms with Crippen LogP contribution in [0.1, 0.15) is 37.6 Å². The first-order chi connectivity index (χ1) is 23.6. The first kappa shape index (κ1) is 31.4. The van der Waals surface area contributed by atoms with Gasteiger partial charge in [0.2, 0.25) is 0 Å². The van der Waals surface area contributed by atoms with Crippen LogP contribution in [0.15, 0.2) is 64.7 Å². The van der Waals surface area contributed by atoms with Crippen LogP contribution < -0.4 is 21.3 Å². The summed E-state index contributed by atoms with van der Waals surface area (Å²) in [5.74, 6) is 1.58. The Labute approximate surface area is 283 Å². The number of rotatable bonds is 7. The summed E-state index contributed by atoms with van der Waals surface area (Å²) in [6.07, 6.45) is 8.77. The summed E-state index contributed by atoms with van der Waals surface area (Å²) >= 11 is 0. The maximum atomic E-state index is 13.8. The van der Waals surface area contributed by atoms with Crippen molar-refractivity contribution in [3.05, 3.63) is 92.6 Å². The molecule has 0 spiro atoms. The van der Waals surface area contributed by atoms with E-state index in [4.69, 9.17) is 4.74 Å². The SMILES string of the molecule is C[C@@H]1CN(c2ccc(Nc3cc(-c4ccnc(-n5ccn6c7c(cc6c5=O)CC(C)(C)C7)c4CO)cn(C)c3=O)nn2)CCN1C1COC1. The maximum Gasteiger partial charge on any atom is 0.280 e. The molecule has 13 nitrogen and oxygen atoms in total. The second kappa shape index (κ2) is 11.9. The lowest BCUT2D eigenvalue weighted by atomic mass is 9.90. The van der Waals surface area contributed by atoms with Gasteiger partial charge >= 0.3 is 0 Å². The number of pyridine rings is 2. The van der Waals surface area contributed by atoms with E-state index >= 15 is 0 Å². The Morgan fingerprint density at radius 2 is 1.88 bits per heavy atom. The number of aryl methyl sites for hydroxylation is 1. The van der Waals surface area contributed by atoms with Gasteiger partial charge in [-0.25, -0.2) is 4.98 Å². The Kier molecular flexibility index (Phi) is 7.65. The second-order valence-electron chi connectivity index (χ2n) is 14.4. The van der Waals surface area contributed by atoms with Crippen molar-refractivity contribution < 1.29 is 9.84 Å². The molecule has 49 heavy (non-hydrogen) atoms. The number of hydrogen-bond donors (Lipinski definition) is 2. The normalized spacial score (nSPS) is 19.3. The molecule has 5 aromatic heterocycles. The lowest BCUT2D eigenvalue weighted by Gasteiger charge is -2.46. The zero-order chi connectivity index (χ0) is 34.0. The highest BCUT2D eigenvalue weighted by atomic mass is 16.5. The van der Waals surface area contributed by atoms with Gasteiger partial charge in [0.15, 0.2) is 11.6 Å². The summed E-state index contributed by atoms with van der Waals surface area (Å²) in [6.45, 7) is 10.6. The molecule has 2 saturated heterocycles. The topological polar surface area (TPSA) is 135 Å². The molecule has 0 saturated carbocycles. The molecule has 8 rings (SSSR count). The van der Waals surface area contributed by atoms with Gasteiger partial charge in [-0.1, -0.05) is 13.8 Å². The standard InChI is InChI=1S/C36H41N9O4/c1-22-17-42(9-10-43(22)25-20-49-21-25)32-6-5-31(39-40-32)38-28-13-24(18-41(4)34(28)47)26-7-8-37-33(27(26)19-46)45-12-11-44-29(35(45)48)14-23-15-36(2,3)16-30(23)44/h5-8,11-14,18,22,25,46H,9-10,15-17,19-21H2,1-4H3,(H,38,39)/t22-/m1/s1. The van der Waals surface area contributed by atoms with Crippen LogP contribution in [0, 0.1) is 5.41 Å². The molecule has 1 aliphatic carbocycles. The first-order valence-electron chi connectivity index (χ1n) is 16.8. The first-order valence-corrected chi connectivity index (χ1v) is 16.8. The quantitative estimate of drug-likeness (QED) is 0.268. The molecule has 2 fully saturated rings. The number of nitrogens with one attached hydrogen (secondary N) is 1. The minimum absolute atomic E-state index is 0.167. The molecule has 7 heterocycles. The van der Waals surface area contributed by atoms with E-state index in [0.29, 0.717) is 51.6 Å². The smallest absolute Gasteiger partial charge is 0.280 e. The van der Waals surface area contributed by atoms with E-state index in [1.165, 1.54) is 20.4 Å². The number of piperazine rings is 1. The van der Waals surface area contributed by atoms with Crippen LogP contribution >= 0.6 is 0 Å². The van der Waals surface area contributed by atoms with E-state index in [-0.39, 0.29) is 23.1 Å². The highest BCUT2D eigenvalue weighted by Gasteiger charge is 2.34. The summed E-state index contributed by atoms with van der Waals surface area (Å²) in [5, 5.41) is 22.7. The van der Waals surface area contributed by atoms with Crippen molar-refractivity contribution in [2.45, 2.75) is 52.3 Å². The molecule has 0 aromatic carbocycles. The van der Waals surface area contributed by atoms with E-state index < -0.39 is 0 Å². The van der Waals surface area contributed by atoms with Crippen LogP contribution in [-0.2, 0) is 31.2 Å². The van der Waals surface area contributed by atoms with E-state index in [1.807, 2.05) is 28.8 Å². The number of nitrogens with zero attached hydrogens (tertiary/aromatic N) is 8. The molecule has 0 radical (unpaired) electrons. The lowest BCUT2D eigenvalue weighted by molar-refractivity contribution is -0.0793. The van der Waals surface area contributed by atoms with E-state index in [9.17, 15) is 14.7 Å². The molecule has 0 unspecified atom stereocenters. The van der Waals surface area contributed by atoms with Crippen molar-refractivity contribution in [3.63, 3.8) is 0 Å². The van der Waals surface area contributed by atoms with Crippen molar-refractivity contribution in [2.24, 2.45) is 12.5 Å². The van der Waals surface area contributed by atoms with Gasteiger partial charge in [0, 0.05) is 74.3 Å². The van der Waals surface area contributed by atoms with Crippen molar-refractivity contribution in [3.8, 4) is 16.9 Å². The van der Waals surface area contributed by atoms with Gasteiger partial charge in [-0.2, -0.15) is 0 Å². The Bertz CT molecular complexity index is 2180. The number of aromatic nitrogens is 6. The maximum absolute atomic E-state index is 13.8. The van der Waals surface area contributed by atoms with Gasteiger partial charge in [0.25, 0.3) is 11.1 Å². The average Bonchev–Trinajstić information content (AvgIpc) is 3.55. The minimum Gasteiger partial charge on any atom is -0.392 e. The van der Waals surface area contributed by atoms with Crippen molar-refractivity contribution in [1.29, 1.82) is 0 Å². The molecule has 13 heteroatoms. The molecule has 5 aromatic rings. The van der Waals surface area contributed by atoms with Crippen molar-refractivity contribution in [2.75, 3.05) is 43.1 Å². The largest absolute Gasteiger partial charge is 0.392 e. The summed E-state index contributed by atoms with van der Waals surface area (Å²) in [6, 6.07) is 10.1. The zero-order valence-electron chi connectivity index (χ0n) is 28.3. The third-order valence-corrected chi connectivity index (χ3v) is 10.3. The van der Waals surface area contributed by atoms with Crippen molar-refractivity contribution in [1.82, 2.24) is 33.6 Å². The summed E-state index contributed by atoms with van der Waals surface area (Å²) < 4.78 is 10.3. The molecular weight excluding hydrogens is 622 g/mol. The zero-order valence-corrected chi connectivity index (χ0v) is 28.3. The molecule has 2 aliphatic heterocycles. The number of hydrogen-bond acceptors (Lipinski definition) is 10. The van der Waals surface area contributed by atoms with E-state index in [2.05, 4.69) is 51.1 Å². The van der Waals surface area contributed by atoms with Gasteiger partial charge in [-0.05, 0) is 66.6 Å². The highest BCUT2D eigenvalue weighted by molar-refractivity contribution is 5.73. The van der Waals surface area contributed by atoms with Crippen LogP contribution in [-0.4, -0.2) is 83.7 Å². The van der Waals surface area contributed by atoms with Gasteiger partial charge in [0.05, 0.1) is 25.9 Å². The van der Waals surface area contributed by atoms with Gasteiger partial charge in [-0.3, -0.25) is 19.1 Å². The highest BCUT2D eigenvalue weighted by Crippen LogP contribution is 2.37. The lowest BCUT2D eigenvalue weighted by Crippen LogP contribution is -2.60. The fourth-order valence-electron chi connectivity index (χ4n) is 7.73. The van der Waals surface area contributed by atoms with E-state index in [0.717, 1.165) is 51.5 Å². The Morgan fingerprint density at radius 3 is 2.59 bits per heavy atom. The average molecular weight is 664 g/mol. The number of aliphatic hydroxyl groups is 1.